The van der Waals surface area contributed by atoms with E-state index in [-0.39, 0.29) is 22.0 Å². The predicted octanol–water partition coefficient (Wildman–Crippen LogP) is 1.31. The third-order valence-corrected chi connectivity index (χ3v) is 5.41. The van der Waals surface area contributed by atoms with Gasteiger partial charge in [-0.15, -0.1) is 0 Å². The van der Waals surface area contributed by atoms with Crippen molar-refractivity contribution < 1.29 is 17.5 Å². The molecule has 0 saturated heterocycles. The molecule has 1 saturated carbocycles. The number of nitrogens with one attached hydrogen (secondary N) is 1. The van der Waals surface area contributed by atoms with Crippen molar-refractivity contribution in [2.24, 2.45) is 5.73 Å². The van der Waals surface area contributed by atoms with E-state index >= 15 is 0 Å². The average Bonchev–Trinajstić information content (AvgIpc) is 2.37. The van der Waals surface area contributed by atoms with Crippen LogP contribution in [0.25, 0.3) is 0 Å². The molecule has 21 heavy (non-hydrogen) atoms. The lowest BCUT2D eigenvalue weighted by Gasteiger charge is -2.40. The van der Waals surface area contributed by atoms with Crippen LogP contribution in [0.1, 0.15) is 24.8 Å². The molecule has 1 aliphatic carbocycles. The molecule has 0 heterocycles. The zero-order chi connectivity index (χ0) is 15.7. The van der Waals surface area contributed by atoms with Gasteiger partial charge in [0.25, 0.3) is 0 Å². The molecule has 0 atom stereocenters. The van der Waals surface area contributed by atoms with E-state index in [1.165, 1.54) is 6.07 Å². The van der Waals surface area contributed by atoms with Crippen LogP contribution in [0, 0.1) is 5.82 Å². The number of thiocarbonyl (C=S) groups is 1. The van der Waals surface area contributed by atoms with Crippen molar-refractivity contribution in [3.8, 4) is 0 Å². The zero-order valence-corrected chi connectivity index (χ0v) is 13.2. The lowest BCUT2D eigenvalue weighted by atomic mass is 9.80. The van der Waals surface area contributed by atoms with Crippen molar-refractivity contribution in [3.05, 3.63) is 29.6 Å². The summed E-state index contributed by atoms with van der Waals surface area (Å²) in [5, 5.41) is 0. The minimum absolute atomic E-state index is 0.0720. The van der Waals surface area contributed by atoms with Crippen LogP contribution in [0.2, 0.25) is 0 Å². The van der Waals surface area contributed by atoms with Gasteiger partial charge in [0.1, 0.15) is 10.8 Å². The minimum atomic E-state index is -3.76. The Morgan fingerprint density at radius 3 is 2.67 bits per heavy atom. The molecule has 5 nitrogen and oxygen atoms in total. The molecule has 0 amide bonds. The third-order valence-electron chi connectivity index (χ3n) is 3.80. The number of ether oxygens (including phenoxy) is 1. The van der Waals surface area contributed by atoms with Gasteiger partial charge in [0, 0.05) is 19.2 Å². The van der Waals surface area contributed by atoms with E-state index < -0.39 is 21.4 Å². The van der Waals surface area contributed by atoms with Crippen molar-refractivity contribution in [1.82, 2.24) is 4.72 Å². The van der Waals surface area contributed by atoms with E-state index in [0.717, 1.165) is 31.4 Å². The van der Waals surface area contributed by atoms with Gasteiger partial charge in [-0.2, -0.15) is 0 Å². The molecular weight excluding hydrogens is 315 g/mol. The number of nitrogens with two attached hydrogens (primary N) is 1. The van der Waals surface area contributed by atoms with Crippen molar-refractivity contribution in [3.63, 3.8) is 0 Å². The third kappa shape index (κ3) is 3.39. The van der Waals surface area contributed by atoms with Crippen LogP contribution >= 0.6 is 12.2 Å². The van der Waals surface area contributed by atoms with E-state index in [2.05, 4.69) is 4.72 Å². The summed E-state index contributed by atoms with van der Waals surface area (Å²) in [6.07, 6.45) is 2.64. The molecule has 0 radical (unpaired) electrons. The van der Waals surface area contributed by atoms with E-state index in [1.807, 2.05) is 0 Å². The van der Waals surface area contributed by atoms with Gasteiger partial charge >= 0.3 is 0 Å². The Bertz CT molecular complexity index is 652. The summed E-state index contributed by atoms with van der Waals surface area (Å²) in [4.78, 5) is -0.255. The Labute approximate surface area is 128 Å². The number of sulfonamides is 1. The summed E-state index contributed by atoms with van der Waals surface area (Å²) in [6.45, 7) is 0.186. The first-order valence-corrected chi connectivity index (χ1v) is 8.33. The number of hydrogen-bond donors (Lipinski definition) is 2. The molecule has 0 aromatic heterocycles. The molecule has 3 N–H and O–H groups in total. The van der Waals surface area contributed by atoms with Gasteiger partial charge in [-0.25, -0.2) is 17.5 Å². The standard InChI is InChI=1S/C13H17FN2O3S2/c1-19-13(5-2-6-13)8-16-21(17,18)9-3-4-11(14)10(7-9)12(15)20/h3-4,7,16H,2,5-6,8H2,1H3,(H2,15,20). The normalized spacial score (nSPS) is 17.2. The molecule has 1 fully saturated rings. The van der Waals surface area contributed by atoms with Crippen LogP contribution in [0.4, 0.5) is 4.39 Å². The van der Waals surface area contributed by atoms with Gasteiger partial charge < -0.3 is 10.5 Å². The lowest BCUT2D eigenvalue weighted by molar-refractivity contribution is -0.0659. The van der Waals surface area contributed by atoms with Gasteiger partial charge in [-0.05, 0) is 37.5 Å². The van der Waals surface area contributed by atoms with Crippen LogP contribution < -0.4 is 10.5 Å². The lowest BCUT2D eigenvalue weighted by Crippen LogP contribution is -2.49. The van der Waals surface area contributed by atoms with Gasteiger partial charge in [0.2, 0.25) is 10.0 Å². The Hall–Kier alpha value is -1.09. The first-order chi connectivity index (χ1) is 9.80. The molecule has 0 bridgehead atoms. The summed E-state index contributed by atoms with van der Waals surface area (Å²) >= 11 is 4.71. The Balaban J connectivity index is 2.20. The second-order valence-electron chi connectivity index (χ2n) is 5.07. The summed E-state index contributed by atoms with van der Waals surface area (Å²) in [6, 6.07) is 3.36. The number of rotatable bonds is 6. The highest BCUT2D eigenvalue weighted by molar-refractivity contribution is 7.89. The van der Waals surface area contributed by atoms with Crippen LogP contribution in [-0.4, -0.2) is 32.7 Å². The number of halogens is 1. The Morgan fingerprint density at radius 1 is 1.52 bits per heavy atom. The topological polar surface area (TPSA) is 81.4 Å². The molecule has 1 aliphatic rings. The summed E-state index contributed by atoms with van der Waals surface area (Å²) in [5.74, 6) is -0.645. The van der Waals surface area contributed by atoms with Gasteiger partial charge in [0.05, 0.1) is 10.5 Å². The summed E-state index contributed by atoms with van der Waals surface area (Å²) < 4.78 is 45.8. The quantitative estimate of drug-likeness (QED) is 0.768. The van der Waals surface area contributed by atoms with Crippen molar-refractivity contribution in [2.45, 2.75) is 29.8 Å². The molecule has 8 heteroatoms. The minimum Gasteiger partial charge on any atom is -0.389 e. The molecule has 0 unspecified atom stereocenters. The molecule has 116 valence electrons. The highest BCUT2D eigenvalue weighted by atomic mass is 32.2. The van der Waals surface area contributed by atoms with Crippen LogP contribution in [0.3, 0.4) is 0 Å². The maximum absolute atomic E-state index is 13.5. The molecular formula is C13H17FN2O3S2. The van der Waals surface area contributed by atoms with Crippen LogP contribution in [-0.2, 0) is 14.8 Å². The summed E-state index contributed by atoms with van der Waals surface area (Å²) in [7, 11) is -2.20. The summed E-state index contributed by atoms with van der Waals surface area (Å²) in [5.41, 5.74) is 4.86. The number of hydrogen-bond acceptors (Lipinski definition) is 4. The predicted molar refractivity (Wildman–Crippen MR) is 81.1 cm³/mol. The van der Waals surface area contributed by atoms with Crippen LogP contribution in [0.15, 0.2) is 23.1 Å². The molecule has 0 aliphatic heterocycles. The van der Waals surface area contributed by atoms with Crippen molar-refractivity contribution >= 4 is 27.2 Å². The first kappa shape index (κ1) is 16.3. The molecule has 1 aromatic rings. The van der Waals surface area contributed by atoms with Gasteiger partial charge in [0.15, 0.2) is 0 Å². The van der Waals surface area contributed by atoms with E-state index in [1.54, 1.807) is 7.11 Å². The Morgan fingerprint density at radius 2 is 2.19 bits per heavy atom. The van der Waals surface area contributed by atoms with Crippen molar-refractivity contribution in [1.29, 1.82) is 0 Å². The fourth-order valence-corrected chi connectivity index (χ4v) is 3.49. The second-order valence-corrected chi connectivity index (χ2v) is 7.28. The maximum atomic E-state index is 13.5. The smallest absolute Gasteiger partial charge is 0.240 e. The fourth-order valence-electron chi connectivity index (χ4n) is 2.19. The van der Waals surface area contributed by atoms with E-state index in [4.69, 9.17) is 22.7 Å². The molecule has 2 rings (SSSR count). The highest BCUT2D eigenvalue weighted by Gasteiger charge is 2.38. The molecule has 1 aromatic carbocycles. The first-order valence-electron chi connectivity index (χ1n) is 6.44. The van der Waals surface area contributed by atoms with Gasteiger partial charge in [-0.3, -0.25) is 0 Å². The van der Waals surface area contributed by atoms with E-state index in [0.29, 0.717) is 0 Å². The van der Waals surface area contributed by atoms with Crippen molar-refractivity contribution in [2.75, 3.05) is 13.7 Å². The average molecular weight is 332 g/mol. The maximum Gasteiger partial charge on any atom is 0.240 e. The van der Waals surface area contributed by atoms with Gasteiger partial charge in [-0.1, -0.05) is 12.2 Å². The largest absolute Gasteiger partial charge is 0.389 e. The van der Waals surface area contributed by atoms with Crippen LogP contribution in [0.5, 0.6) is 0 Å². The number of methoxy groups -OCH3 is 1. The molecule has 0 spiro atoms. The zero-order valence-electron chi connectivity index (χ0n) is 11.6. The SMILES string of the molecule is COC1(CNS(=O)(=O)c2ccc(F)c(C(N)=S)c2)CCC1. The highest BCUT2D eigenvalue weighted by Crippen LogP contribution is 2.34. The number of benzene rings is 1. The van der Waals surface area contributed by atoms with E-state index in [9.17, 15) is 12.8 Å². The second kappa shape index (κ2) is 5.96. The fraction of sp³-hybridized carbons (Fsp3) is 0.462. The monoisotopic (exact) mass is 332 g/mol. The Kier molecular flexibility index (Phi) is 4.62.